The first-order chi connectivity index (χ1) is 24.5. The van der Waals surface area contributed by atoms with Crippen molar-refractivity contribution in [2.45, 2.75) is 37.5 Å². The first-order valence-electron chi connectivity index (χ1n) is 17.1. The quantitative estimate of drug-likeness (QED) is 0.185. The third-order valence-electron chi connectivity index (χ3n) is 10.2. The van der Waals surface area contributed by atoms with Crippen LogP contribution in [-0.4, -0.2) is 20.2 Å². The molecule has 1 aliphatic rings. The zero-order valence-electron chi connectivity index (χ0n) is 27.3. The number of phenols is 2. The maximum absolute atomic E-state index is 10.6. The molecule has 0 spiro atoms. The largest absolute Gasteiger partial charge is 0.507 e. The summed E-state index contributed by atoms with van der Waals surface area (Å²) in [6, 6.07) is 43.5. The molecule has 6 aromatic carbocycles. The summed E-state index contributed by atoms with van der Waals surface area (Å²) in [6.07, 6.45) is 5.53. The Labute approximate surface area is 289 Å². The number of aromatic hydroxyl groups is 2. The standard InChI is InChI=1S/C44H34N2O4/c47-38-18-14-30(24-34(38)28-10-4-1-5-11-28)42-45-36-26-32(16-20-40(36)49-42)44(22-8-3-9-23-44)33-17-21-41-37(27-33)46-43(50-41)31-15-19-39(48)35(25-31)29-12-6-2-7-13-29/h1-2,4-7,10-21,24-27,47-48H,3,8-9,22-23H2. The number of nitrogens with zero attached hydrogens (tertiary/aromatic N) is 2. The fraction of sp³-hybridized carbons (Fsp3) is 0.136. The van der Waals surface area contributed by atoms with E-state index in [4.69, 9.17) is 18.8 Å². The van der Waals surface area contributed by atoms with Crippen LogP contribution < -0.4 is 0 Å². The molecule has 8 aromatic rings. The Hall–Kier alpha value is -6.14. The Kier molecular flexibility index (Phi) is 7.24. The number of benzene rings is 6. The highest BCUT2D eigenvalue weighted by Crippen LogP contribution is 2.47. The van der Waals surface area contributed by atoms with E-state index in [0.717, 1.165) is 81.3 Å². The molecule has 9 rings (SSSR count). The van der Waals surface area contributed by atoms with Crippen molar-refractivity contribution in [3.63, 3.8) is 0 Å². The maximum atomic E-state index is 10.6. The molecule has 0 unspecified atom stereocenters. The van der Waals surface area contributed by atoms with Crippen LogP contribution in [-0.2, 0) is 5.41 Å². The third-order valence-corrected chi connectivity index (χ3v) is 10.2. The lowest BCUT2D eigenvalue weighted by molar-refractivity contribution is 0.346. The number of hydrogen-bond acceptors (Lipinski definition) is 6. The van der Waals surface area contributed by atoms with Gasteiger partial charge in [-0.3, -0.25) is 0 Å². The summed E-state index contributed by atoms with van der Waals surface area (Å²) >= 11 is 0. The lowest BCUT2D eigenvalue weighted by Gasteiger charge is -2.38. The number of hydrogen-bond donors (Lipinski definition) is 2. The van der Waals surface area contributed by atoms with Crippen molar-refractivity contribution in [3.8, 4) is 56.7 Å². The molecule has 6 nitrogen and oxygen atoms in total. The van der Waals surface area contributed by atoms with Crippen LogP contribution in [0.15, 0.2) is 142 Å². The van der Waals surface area contributed by atoms with E-state index in [1.807, 2.05) is 97.1 Å². The minimum Gasteiger partial charge on any atom is -0.507 e. The van der Waals surface area contributed by atoms with Crippen LogP contribution in [0.1, 0.15) is 43.2 Å². The first-order valence-corrected chi connectivity index (χ1v) is 17.1. The molecule has 2 aromatic heterocycles. The van der Waals surface area contributed by atoms with E-state index in [0.29, 0.717) is 11.8 Å². The van der Waals surface area contributed by atoms with Crippen LogP contribution in [0.3, 0.4) is 0 Å². The van der Waals surface area contributed by atoms with Crippen molar-refractivity contribution in [3.05, 3.63) is 145 Å². The fourth-order valence-electron chi connectivity index (χ4n) is 7.63. The monoisotopic (exact) mass is 654 g/mol. The summed E-state index contributed by atoms with van der Waals surface area (Å²) < 4.78 is 12.6. The summed E-state index contributed by atoms with van der Waals surface area (Å²) in [6.45, 7) is 0. The van der Waals surface area contributed by atoms with Crippen LogP contribution in [0.2, 0.25) is 0 Å². The summed E-state index contributed by atoms with van der Waals surface area (Å²) in [5.74, 6) is 1.48. The van der Waals surface area contributed by atoms with E-state index in [1.54, 1.807) is 12.1 Å². The van der Waals surface area contributed by atoms with Gasteiger partial charge in [-0.15, -0.1) is 0 Å². The van der Waals surface area contributed by atoms with Crippen molar-refractivity contribution in [1.82, 2.24) is 9.97 Å². The molecule has 6 heteroatoms. The summed E-state index contributed by atoms with van der Waals surface area (Å²) in [7, 11) is 0. The van der Waals surface area contributed by atoms with Gasteiger partial charge in [-0.05, 0) is 95.8 Å². The van der Waals surface area contributed by atoms with Crippen molar-refractivity contribution >= 4 is 22.2 Å². The number of aromatic nitrogens is 2. The molecule has 1 saturated carbocycles. The average molecular weight is 655 g/mol. The number of oxazole rings is 2. The molecule has 0 saturated heterocycles. The highest BCUT2D eigenvalue weighted by molar-refractivity contribution is 5.82. The average Bonchev–Trinajstić information content (AvgIpc) is 3.80. The van der Waals surface area contributed by atoms with E-state index in [-0.39, 0.29) is 16.9 Å². The zero-order valence-corrected chi connectivity index (χ0v) is 27.3. The Morgan fingerprint density at radius 3 is 1.38 bits per heavy atom. The SMILES string of the molecule is Oc1ccc(-c2nc3cc(C4(c5ccc6oc(-c7ccc(O)c(-c8ccccc8)c7)nc6c5)CCCCC4)ccc3o2)cc1-c1ccccc1. The minimum absolute atomic E-state index is 0.198. The van der Waals surface area contributed by atoms with E-state index in [2.05, 4.69) is 24.3 Å². The Morgan fingerprint density at radius 2 is 0.920 bits per heavy atom. The van der Waals surface area contributed by atoms with Crippen LogP contribution in [0.5, 0.6) is 11.5 Å². The maximum Gasteiger partial charge on any atom is 0.227 e. The smallest absolute Gasteiger partial charge is 0.227 e. The van der Waals surface area contributed by atoms with Gasteiger partial charge in [0.1, 0.15) is 22.5 Å². The van der Waals surface area contributed by atoms with Gasteiger partial charge in [-0.1, -0.05) is 92.1 Å². The minimum atomic E-state index is -0.198. The predicted molar refractivity (Wildman–Crippen MR) is 197 cm³/mol. The molecule has 50 heavy (non-hydrogen) atoms. The number of rotatable bonds is 6. The molecule has 2 N–H and O–H groups in total. The number of phenolic OH excluding ortho intramolecular Hbond substituents is 2. The second-order valence-corrected chi connectivity index (χ2v) is 13.2. The molecule has 2 heterocycles. The molecular formula is C44H34N2O4. The van der Waals surface area contributed by atoms with Crippen molar-refractivity contribution in [2.24, 2.45) is 0 Å². The molecule has 0 radical (unpaired) electrons. The second-order valence-electron chi connectivity index (χ2n) is 13.2. The Morgan fingerprint density at radius 1 is 0.460 bits per heavy atom. The zero-order chi connectivity index (χ0) is 33.7. The molecule has 1 fully saturated rings. The van der Waals surface area contributed by atoms with Gasteiger partial charge >= 0.3 is 0 Å². The van der Waals surface area contributed by atoms with Crippen molar-refractivity contribution < 1.29 is 19.0 Å². The topological polar surface area (TPSA) is 92.5 Å². The molecule has 1 aliphatic carbocycles. The normalized spacial score (nSPS) is 14.3. The van der Waals surface area contributed by atoms with Gasteiger partial charge in [0, 0.05) is 27.7 Å². The van der Waals surface area contributed by atoms with Crippen LogP contribution in [0.25, 0.3) is 67.4 Å². The summed E-state index contributed by atoms with van der Waals surface area (Å²) in [4.78, 5) is 9.91. The molecule has 0 amide bonds. The summed E-state index contributed by atoms with van der Waals surface area (Å²) in [5, 5.41) is 21.2. The molecule has 244 valence electrons. The highest BCUT2D eigenvalue weighted by atomic mass is 16.4. The van der Waals surface area contributed by atoms with Crippen LogP contribution >= 0.6 is 0 Å². The molecular weight excluding hydrogens is 620 g/mol. The fourth-order valence-corrected chi connectivity index (χ4v) is 7.63. The number of fused-ring (bicyclic) bond motifs is 2. The molecule has 0 atom stereocenters. The Bertz CT molecular complexity index is 2320. The second kappa shape index (κ2) is 12.1. The molecule has 0 bridgehead atoms. The molecule has 0 aliphatic heterocycles. The Balaban J connectivity index is 1.08. The van der Waals surface area contributed by atoms with Gasteiger partial charge in [0.2, 0.25) is 11.8 Å². The van der Waals surface area contributed by atoms with E-state index < -0.39 is 0 Å². The van der Waals surface area contributed by atoms with Gasteiger partial charge in [0.05, 0.1) is 0 Å². The van der Waals surface area contributed by atoms with Gasteiger partial charge in [0.15, 0.2) is 11.2 Å². The van der Waals surface area contributed by atoms with Gasteiger partial charge < -0.3 is 19.0 Å². The third kappa shape index (κ3) is 5.21. The van der Waals surface area contributed by atoms with Gasteiger partial charge in [0.25, 0.3) is 0 Å². The van der Waals surface area contributed by atoms with Crippen molar-refractivity contribution in [2.75, 3.05) is 0 Å². The summed E-state index contributed by atoms with van der Waals surface area (Å²) in [5.41, 5.74) is 10.3. The first kappa shape index (κ1) is 30.0. The van der Waals surface area contributed by atoms with Crippen LogP contribution in [0.4, 0.5) is 0 Å². The van der Waals surface area contributed by atoms with Gasteiger partial charge in [-0.25, -0.2) is 9.97 Å². The van der Waals surface area contributed by atoms with Gasteiger partial charge in [-0.2, -0.15) is 0 Å². The lowest BCUT2D eigenvalue weighted by Crippen LogP contribution is -2.30. The van der Waals surface area contributed by atoms with Crippen LogP contribution in [0, 0.1) is 0 Å². The highest BCUT2D eigenvalue weighted by Gasteiger charge is 2.36. The van der Waals surface area contributed by atoms with E-state index in [9.17, 15) is 10.2 Å². The van der Waals surface area contributed by atoms with Crippen molar-refractivity contribution in [1.29, 1.82) is 0 Å². The lowest BCUT2D eigenvalue weighted by atomic mass is 9.65. The van der Waals surface area contributed by atoms with E-state index in [1.165, 1.54) is 17.5 Å². The van der Waals surface area contributed by atoms with E-state index >= 15 is 0 Å². The predicted octanol–water partition coefficient (Wildman–Crippen LogP) is 11.3.